The number of anilines is 2. The number of amides is 1. The van der Waals surface area contributed by atoms with Crippen LogP contribution in [0.1, 0.15) is 16.7 Å². The number of thioether (sulfide) groups is 1. The zero-order valence-corrected chi connectivity index (χ0v) is 19.7. The molecular weight excluding hydrogens is 428 g/mol. The van der Waals surface area contributed by atoms with E-state index in [1.807, 2.05) is 57.4 Å². The zero-order valence-electron chi connectivity index (χ0n) is 18.0. The number of hydrogen-bond acceptors (Lipinski definition) is 4. The topological polar surface area (TPSA) is 66.5 Å². The van der Waals surface area contributed by atoms with Gasteiger partial charge in [-0.25, -0.2) is 8.42 Å². The standard InChI is InChI=1S/C24H26N2O3S2/c1-17-10-13-20(14-11-17)31(28,29)26(22-15-18(2)9-12-19(22)3)16-24(27)25-21-7-5-6-8-23(21)30-4/h5-15H,16H2,1-4H3,(H,25,27). The molecule has 7 heteroatoms. The van der Waals surface area contributed by atoms with Gasteiger partial charge in [0.25, 0.3) is 10.0 Å². The van der Waals surface area contributed by atoms with Gasteiger partial charge < -0.3 is 5.32 Å². The summed E-state index contributed by atoms with van der Waals surface area (Å²) in [6.07, 6.45) is 1.93. The number of sulfonamides is 1. The lowest BCUT2D eigenvalue weighted by molar-refractivity contribution is -0.114. The number of benzene rings is 3. The van der Waals surface area contributed by atoms with Crippen LogP contribution in [0.5, 0.6) is 0 Å². The van der Waals surface area contributed by atoms with Gasteiger partial charge >= 0.3 is 0 Å². The van der Waals surface area contributed by atoms with E-state index >= 15 is 0 Å². The number of rotatable bonds is 7. The van der Waals surface area contributed by atoms with Gasteiger partial charge in [0.2, 0.25) is 5.91 Å². The number of carbonyl (C=O) groups is 1. The summed E-state index contributed by atoms with van der Waals surface area (Å²) in [7, 11) is -3.95. The molecule has 162 valence electrons. The number of nitrogens with one attached hydrogen (secondary N) is 1. The average molecular weight is 455 g/mol. The molecule has 1 N–H and O–H groups in total. The fraction of sp³-hybridized carbons (Fsp3) is 0.208. The second-order valence-corrected chi connectivity index (χ2v) is 10.1. The van der Waals surface area contributed by atoms with E-state index in [9.17, 15) is 13.2 Å². The van der Waals surface area contributed by atoms with Gasteiger partial charge in [-0.05, 0) is 68.5 Å². The Morgan fingerprint density at radius 1 is 0.935 bits per heavy atom. The summed E-state index contributed by atoms with van der Waals surface area (Å²) in [4.78, 5) is 14.0. The van der Waals surface area contributed by atoms with Crippen molar-refractivity contribution in [3.05, 3.63) is 83.4 Å². The first-order chi connectivity index (χ1) is 14.7. The van der Waals surface area contributed by atoms with Gasteiger partial charge in [0.1, 0.15) is 6.54 Å². The van der Waals surface area contributed by atoms with E-state index < -0.39 is 15.9 Å². The van der Waals surface area contributed by atoms with Crippen molar-refractivity contribution in [1.29, 1.82) is 0 Å². The van der Waals surface area contributed by atoms with Crippen molar-refractivity contribution in [2.24, 2.45) is 0 Å². The summed E-state index contributed by atoms with van der Waals surface area (Å²) in [5.41, 5.74) is 3.81. The summed E-state index contributed by atoms with van der Waals surface area (Å²) in [5, 5.41) is 2.86. The van der Waals surface area contributed by atoms with E-state index in [2.05, 4.69) is 5.32 Å². The Morgan fingerprint density at radius 2 is 1.58 bits per heavy atom. The molecule has 0 aliphatic carbocycles. The molecule has 1 amide bonds. The van der Waals surface area contributed by atoms with Gasteiger partial charge in [-0.1, -0.05) is 42.0 Å². The Morgan fingerprint density at radius 3 is 2.26 bits per heavy atom. The van der Waals surface area contributed by atoms with Crippen LogP contribution in [0.3, 0.4) is 0 Å². The maximum absolute atomic E-state index is 13.6. The van der Waals surface area contributed by atoms with Gasteiger partial charge in [-0.15, -0.1) is 11.8 Å². The summed E-state index contributed by atoms with van der Waals surface area (Å²) in [5.74, 6) is -0.405. The van der Waals surface area contributed by atoms with E-state index in [0.29, 0.717) is 11.4 Å². The highest BCUT2D eigenvalue weighted by Gasteiger charge is 2.28. The Bertz CT molecular complexity index is 1190. The molecule has 0 aliphatic rings. The first-order valence-corrected chi connectivity index (χ1v) is 12.5. The van der Waals surface area contributed by atoms with Crippen molar-refractivity contribution >= 4 is 39.1 Å². The van der Waals surface area contributed by atoms with Crippen molar-refractivity contribution in [3.8, 4) is 0 Å². The van der Waals surface area contributed by atoms with Crippen LogP contribution in [-0.4, -0.2) is 27.1 Å². The monoisotopic (exact) mass is 454 g/mol. The van der Waals surface area contributed by atoms with Crippen LogP contribution in [0.4, 0.5) is 11.4 Å². The maximum atomic E-state index is 13.6. The van der Waals surface area contributed by atoms with Gasteiger partial charge in [-0.3, -0.25) is 9.10 Å². The minimum atomic E-state index is -3.95. The van der Waals surface area contributed by atoms with Crippen LogP contribution in [0, 0.1) is 20.8 Å². The lowest BCUT2D eigenvalue weighted by atomic mass is 10.1. The number of hydrogen-bond donors (Lipinski definition) is 1. The number of aryl methyl sites for hydroxylation is 3. The van der Waals surface area contributed by atoms with Crippen LogP contribution in [-0.2, 0) is 14.8 Å². The fourth-order valence-electron chi connectivity index (χ4n) is 3.19. The molecule has 5 nitrogen and oxygen atoms in total. The van der Waals surface area contributed by atoms with E-state index in [0.717, 1.165) is 21.6 Å². The number of nitrogens with zero attached hydrogens (tertiary/aromatic N) is 1. The predicted molar refractivity (Wildman–Crippen MR) is 128 cm³/mol. The molecule has 0 heterocycles. The first-order valence-electron chi connectivity index (χ1n) is 9.82. The van der Waals surface area contributed by atoms with Gasteiger partial charge in [0.15, 0.2) is 0 Å². The minimum absolute atomic E-state index is 0.149. The summed E-state index contributed by atoms with van der Waals surface area (Å²) >= 11 is 1.51. The van der Waals surface area contributed by atoms with Crippen LogP contribution in [0.15, 0.2) is 76.5 Å². The molecule has 0 saturated heterocycles. The molecule has 0 fully saturated rings. The second kappa shape index (κ2) is 9.58. The maximum Gasteiger partial charge on any atom is 0.264 e. The van der Waals surface area contributed by atoms with Crippen molar-refractivity contribution in [2.75, 3.05) is 22.4 Å². The normalized spacial score (nSPS) is 11.2. The molecule has 31 heavy (non-hydrogen) atoms. The van der Waals surface area contributed by atoms with Crippen LogP contribution in [0.25, 0.3) is 0 Å². The third kappa shape index (κ3) is 5.29. The van der Waals surface area contributed by atoms with E-state index in [1.165, 1.54) is 16.1 Å². The molecule has 0 bridgehead atoms. The van der Waals surface area contributed by atoms with E-state index in [-0.39, 0.29) is 11.4 Å². The van der Waals surface area contributed by atoms with Crippen molar-refractivity contribution in [3.63, 3.8) is 0 Å². The molecular formula is C24H26N2O3S2. The fourth-order valence-corrected chi connectivity index (χ4v) is 5.22. The van der Waals surface area contributed by atoms with Crippen LogP contribution in [0.2, 0.25) is 0 Å². The predicted octanol–water partition coefficient (Wildman–Crippen LogP) is 5.17. The third-order valence-electron chi connectivity index (χ3n) is 4.91. The Balaban J connectivity index is 2.01. The molecule has 0 atom stereocenters. The Kier molecular flexibility index (Phi) is 7.08. The third-order valence-corrected chi connectivity index (χ3v) is 7.48. The van der Waals surface area contributed by atoms with E-state index in [1.54, 1.807) is 36.4 Å². The van der Waals surface area contributed by atoms with E-state index in [4.69, 9.17) is 0 Å². The largest absolute Gasteiger partial charge is 0.323 e. The number of carbonyl (C=O) groups excluding carboxylic acids is 1. The highest BCUT2D eigenvalue weighted by molar-refractivity contribution is 7.98. The van der Waals surface area contributed by atoms with Gasteiger partial charge in [0, 0.05) is 4.90 Å². The molecule has 3 aromatic rings. The Labute approximate surface area is 188 Å². The quantitative estimate of drug-likeness (QED) is 0.500. The van der Waals surface area contributed by atoms with Crippen molar-refractivity contribution in [2.45, 2.75) is 30.6 Å². The zero-order chi connectivity index (χ0) is 22.6. The molecule has 3 aromatic carbocycles. The van der Waals surface area contributed by atoms with Gasteiger partial charge in [0.05, 0.1) is 16.3 Å². The van der Waals surface area contributed by atoms with Crippen molar-refractivity contribution < 1.29 is 13.2 Å². The van der Waals surface area contributed by atoms with Crippen molar-refractivity contribution in [1.82, 2.24) is 0 Å². The minimum Gasteiger partial charge on any atom is -0.323 e. The lowest BCUT2D eigenvalue weighted by Crippen LogP contribution is -2.38. The first kappa shape index (κ1) is 22.9. The summed E-state index contributed by atoms with van der Waals surface area (Å²) < 4.78 is 28.3. The highest BCUT2D eigenvalue weighted by atomic mass is 32.2. The molecule has 0 radical (unpaired) electrons. The van der Waals surface area contributed by atoms with Crippen LogP contribution >= 0.6 is 11.8 Å². The summed E-state index contributed by atoms with van der Waals surface area (Å²) in [6.45, 7) is 5.31. The lowest BCUT2D eigenvalue weighted by Gasteiger charge is -2.26. The molecule has 0 spiro atoms. The SMILES string of the molecule is CSc1ccccc1NC(=O)CN(c1cc(C)ccc1C)S(=O)(=O)c1ccc(C)cc1. The molecule has 0 aromatic heterocycles. The smallest absolute Gasteiger partial charge is 0.264 e. The summed E-state index contributed by atoms with van der Waals surface area (Å²) in [6, 6.07) is 19.7. The van der Waals surface area contributed by atoms with Crippen LogP contribution < -0.4 is 9.62 Å². The van der Waals surface area contributed by atoms with Gasteiger partial charge in [-0.2, -0.15) is 0 Å². The number of para-hydroxylation sites is 1. The molecule has 0 unspecified atom stereocenters. The average Bonchev–Trinajstić information content (AvgIpc) is 2.74. The highest BCUT2D eigenvalue weighted by Crippen LogP contribution is 2.29. The second-order valence-electron chi connectivity index (χ2n) is 7.36. The molecule has 3 rings (SSSR count). The Hall–Kier alpha value is -2.77. The molecule has 0 saturated carbocycles. The molecule has 0 aliphatic heterocycles.